The van der Waals surface area contributed by atoms with Crippen LogP contribution in [0.2, 0.25) is 0 Å². The molecule has 2 fully saturated rings. The van der Waals surface area contributed by atoms with Gasteiger partial charge in [-0.1, -0.05) is 24.3 Å². The number of nitrogens with one attached hydrogen (secondary N) is 1. The Morgan fingerprint density at radius 3 is 2.55 bits per heavy atom. The number of fused-ring (bicyclic) bond motifs is 1. The molecular weight excluding hydrogens is 372 g/mol. The lowest BCUT2D eigenvalue weighted by Crippen LogP contribution is -2.43. The van der Waals surface area contributed by atoms with Gasteiger partial charge in [-0.25, -0.2) is 0 Å². The van der Waals surface area contributed by atoms with Crippen molar-refractivity contribution in [3.05, 3.63) is 65.5 Å². The highest BCUT2D eigenvalue weighted by Crippen LogP contribution is 2.44. The molecule has 1 aromatic carbocycles. The Balaban J connectivity index is 1.65. The van der Waals surface area contributed by atoms with Crippen LogP contribution in [-0.4, -0.2) is 45.4 Å². The van der Waals surface area contributed by atoms with E-state index in [2.05, 4.69) is 16.4 Å². The molecule has 4 atom stereocenters. The second-order valence-electron chi connectivity index (χ2n) is 7.11. The maximum atomic E-state index is 13.1. The second kappa shape index (κ2) is 7.45. The molecule has 2 N–H and O–H groups in total. The molecule has 0 aliphatic carbocycles. The molecule has 146 valence electrons. The zero-order chi connectivity index (χ0) is 20.5. The van der Waals surface area contributed by atoms with Crippen LogP contribution in [0.25, 0.3) is 0 Å². The van der Waals surface area contributed by atoms with Crippen molar-refractivity contribution < 1.29 is 19.5 Å². The summed E-state index contributed by atoms with van der Waals surface area (Å²) in [5, 5.41) is 21.9. The fourth-order valence-corrected chi connectivity index (χ4v) is 4.25. The smallest absolute Gasteiger partial charge is 0.321 e. The number of aliphatic carboxylic acids is 1. The van der Waals surface area contributed by atoms with E-state index in [4.69, 9.17) is 0 Å². The number of hydrogen-bond donors (Lipinski definition) is 2. The molecule has 8 heteroatoms. The summed E-state index contributed by atoms with van der Waals surface area (Å²) in [6.07, 6.45) is 2.03. The van der Waals surface area contributed by atoms with Crippen molar-refractivity contribution in [1.82, 2.24) is 15.2 Å². The van der Waals surface area contributed by atoms with Crippen LogP contribution in [0.1, 0.15) is 22.9 Å². The van der Waals surface area contributed by atoms with Gasteiger partial charge in [0.25, 0.3) is 0 Å². The Bertz CT molecular complexity index is 1020. The van der Waals surface area contributed by atoms with E-state index in [1.165, 1.54) is 0 Å². The Hall–Kier alpha value is -3.57. The molecule has 1 aromatic heterocycles. The first-order valence-electron chi connectivity index (χ1n) is 9.26. The van der Waals surface area contributed by atoms with Crippen molar-refractivity contribution >= 4 is 17.8 Å². The molecule has 2 saturated heterocycles. The van der Waals surface area contributed by atoms with E-state index in [0.717, 1.165) is 10.6 Å². The van der Waals surface area contributed by atoms with Crippen molar-refractivity contribution in [1.29, 1.82) is 5.26 Å². The molecule has 0 bridgehead atoms. The van der Waals surface area contributed by atoms with Crippen LogP contribution in [0.15, 0.2) is 48.7 Å². The molecule has 2 aliphatic rings. The van der Waals surface area contributed by atoms with E-state index < -0.39 is 41.7 Å². The first-order chi connectivity index (χ1) is 14.0. The zero-order valence-electron chi connectivity index (χ0n) is 15.4. The first kappa shape index (κ1) is 18.8. The number of amides is 2. The molecule has 8 nitrogen and oxygen atoms in total. The highest BCUT2D eigenvalue weighted by atomic mass is 16.4. The number of hydrogen-bond acceptors (Lipinski definition) is 6. The first-order valence-corrected chi connectivity index (χ1v) is 9.26. The third-order valence-corrected chi connectivity index (χ3v) is 5.57. The standard InChI is InChI=1S/C21H18N4O4/c22-11-12-5-1-2-7-14(12)17-15-16(18(24-17)21(28)29)20(27)25(19(15)26)10-8-13-6-3-4-9-23-13/h1-7,9,15-18,24H,8,10H2,(H,28,29). The number of nitriles is 1. The van der Waals surface area contributed by atoms with Crippen molar-refractivity contribution in [3.8, 4) is 6.07 Å². The summed E-state index contributed by atoms with van der Waals surface area (Å²) >= 11 is 0. The predicted molar refractivity (Wildman–Crippen MR) is 100 cm³/mol. The van der Waals surface area contributed by atoms with Gasteiger partial charge in [-0.3, -0.25) is 29.6 Å². The van der Waals surface area contributed by atoms with Gasteiger partial charge in [0, 0.05) is 30.9 Å². The summed E-state index contributed by atoms with van der Waals surface area (Å²) in [6, 6.07) is 12.3. The van der Waals surface area contributed by atoms with Gasteiger partial charge < -0.3 is 5.11 Å². The quantitative estimate of drug-likeness (QED) is 0.727. The van der Waals surface area contributed by atoms with Crippen molar-refractivity contribution in [2.75, 3.05) is 6.54 Å². The van der Waals surface area contributed by atoms with Crippen LogP contribution >= 0.6 is 0 Å². The molecule has 2 aromatic rings. The van der Waals surface area contributed by atoms with Crippen molar-refractivity contribution in [2.24, 2.45) is 11.8 Å². The summed E-state index contributed by atoms with van der Waals surface area (Å²) in [7, 11) is 0. The molecule has 0 spiro atoms. The van der Waals surface area contributed by atoms with E-state index >= 15 is 0 Å². The number of nitrogens with zero attached hydrogens (tertiary/aromatic N) is 3. The number of carboxylic acid groups (broad SMARTS) is 1. The average molecular weight is 390 g/mol. The van der Waals surface area contributed by atoms with Gasteiger partial charge in [-0.15, -0.1) is 0 Å². The summed E-state index contributed by atoms with van der Waals surface area (Å²) < 4.78 is 0. The number of carbonyl (C=O) groups is 3. The molecule has 29 heavy (non-hydrogen) atoms. The van der Waals surface area contributed by atoms with E-state index in [9.17, 15) is 24.8 Å². The fraction of sp³-hybridized carbons (Fsp3) is 0.286. The number of likely N-dealkylation sites (tertiary alicyclic amines) is 1. The maximum Gasteiger partial charge on any atom is 0.321 e. The van der Waals surface area contributed by atoms with Gasteiger partial charge in [-0.05, 0) is 23.8 Å². The number of pyridine rings is 1. The zero-order valence-corrected chi connectivity index (χ0v) is 15.4. The highest BCUT2D eigenvalue weighted by molar-refractivity contribution is 6.08. The lowest BCUT2D eigenvalue weighted by molar-refractivity contribution is -0.146. The minimum atomic E-state index is -1.19. The van der Waals surface area contributed by atoms with E-state index in [1.807, 2.05) is 6.07 Å². The Kier molecular flexibility index (Phi) is 4.82. The molecular formula is C21H18N4O4. The number of carboxylic acids is 1. The normalized spacial score (nSPS) is 25.7. The molecule has 0 saturated carbocycles. The van der Waals surface area contributed by atoms with Crippen LogP contribution in [0.5, 0.6) is 0 Å². The Morgan fingerprint density at radius 2 is 1.86 bits per heavy atom. The van der Waals surface area contributed by atoms with Crippen LogP contribution in [0, 0.1) is 23.2 Å². The van der Waals surface area contributed by atoms with Crippen LogP contribution in [0.3, 0.4) is 0 Å². The highest BCUT2D eigenvalue weighted by Gasteiger charge is 2.61. The molecule has 4 rings (SSSR count). The second-order valence-corrected chi connectivity index (χ2v) is 7.11. The molecule has 4 unspecified atom stereocenters. The third kappa shape index (κ3) is 3.15. The van der Waals surface area contributed by atoms with Gasteiger partial charge in [-0.2, -0.15) is 5.26 Å². The van der Waals surface area contributed by atoms with Crippen LogP contribution < -0.4 is 5.32 Å². The average Bonchev–Trinajstić information content (AvgIpc) is 3.25. The van der Waals surface area contributed by atoms with Crippen molar-refractivity contribution in [3.63, 3.8) is 0 Å². The molecule has 3 heterocycles. The van der Waals surface area contributed by atoms with Gasteiger partial charge in [0.2, 0.25) is 11.8 Å². The number of aromatic nitrogens is 1. The number of imide groups is 1. The molecule has 2 aliphatic heterocycles. The summed E-state index contributed by atoms with van der Waals surface area (Å²) in [4.78, 5) is 43.3. The summed E-state index contributed by atoms with van der Waals surface area (Å²) in [5.74, 6) is -3.95. The number of benzene rings is 1. The molecule has 0 radical (unpaired) electrons. The van der Waals surface area contributed by atoms with Gasteiger partial charge in [0.05, 0.1) is 23.5 Å². The largest absolute Gasteiger partial charge is 0.480 e. The Morgan fingerprint density at radius 1 is 1.14 bits per heavy atom. The van der Waals surface area contributed by atoms with Gasteiger partial charge in [0.1, 0.15) is 6.04 Å². The lowest BCUT2D eigenvalue weighted by atomic mass is 9.85. The lowest BCUT2D eigenvalue weighted by Gasteiger charge is -2.22. The fourth-order valence-electron chi connectivity index (χ4n) is 4.25. The van der Waals surface area contributed by atoms with Crippen molar-refractivity contribution in [2.45, 2.75) is 18.5 Å². The summed E-state index contributed by atoms with van der Waals surface area (Å²) in [6.45, 7) is 0.140. The topological polar surface area (TPSA) is 123 Å². The minimum absolute atomic E-state index is 0.140. The number of rotatable bonds is 5. The van der Waals surface area contributed by atoms with Crippen LogP contribution in [-0.2, 0) is 20.8 Å². The molecule has 2 amide bonds. The van der Waals surface area contributed by atoms with E-state index in [-0.39, 0.29) is 6.54 Å². The minimum Gasteiger partial charge on any atom is -0.480 e. The predicted octanol–water partition coefficient (Wildman–Crippen LogP) is 0.895. The van der Waals surface area contributed by atoms with Gasteiger partial charge in [0.15, 0.2) is 0 Å². The van der Waals surface area contributed by atoms with E-state index in [0.29, 0.717) is 17.5 Å². The Labute approximate surface area is 166 Å². The van der Waals surface area contributed by atoms with E-state index in [1.54, 1.807) is 42.6 Å². The monoisotopic (exact) mass is 390 g/mol. The maximum absolute atomic E-state index is 13.1. The van der Waals surface area contributed by atoms with Crippen LogP contribution in [0.4, 0.5) is 0 Å². The third-order valence-electron chi connectivity index (χ3n) is 5.57. The SMILES string of the molecule is N#Cc1ccccc1C1NC(C(=O)O)C2C(=O)N(CCc3ccccn3)C(=O)C12. The van der Waals surface area contributed by atoms with Gasteiger partial charge >= 0.3 is 5.97 Å². The number of carbonyl (C=O) groups excluding carboxylic acids is 2. The summed E-state index contributed by atoms with van der Waals surface area (Å²) in [5.41, 5.74) is 1.62.